The molecule has 0 amide bonds. The predicted octanol–water partition coefficient (Wildman–Crippen LogP) is 1.97. The van der Waals surface area contributed by atoms with Crippen molar-refractivity contribution in [1.29, 1.82) is 0 Å². The molecule has 0 aromatic carbocycles. The molecule has 1 saturated heterocycles. The van der Waals surface area contributed by atoms with Crippen molar-refractivity contribution in [1.82, 2.24) is 15.1 Å². The SMILES string of the molecule is CCc1nn(C)cc1CNC1CCSC1C. The molecule has 0 radical (unpaired) electrons. The van der Waals surface area contributed by atoms with Gasteiger partial charge in [0.15, 0.2) is 0 Å². The van der Waals surface area contributed by atoms with Gasteiger partial charge in [0, 0.05) is 36.6 Å². The van der Waals surface area contributed by atoms with Crippen LogP contribution in [-0.4, -0.2) is 26.8 Å². The molecule has 1 fully saturated rings. The van der Waals surface area contributed by atoms with Crippen LogP contribution >= 0.6 is 11.8 Å². The van der Waals surface area contributed by atoms with Crippen molar-refractivity contribution >= 4 is 11.8 Å². The second kappa shape index (κ2) is 5.23. The largest absolute Gasteiger partial charge is 0.309 e. The standard InChI is InChI=1S/C12H21N3S/c1-4-11-10(8-15(3)14-11)7-13-12-5-6-16-9(12)2/h8-9,12-13H,4-7H2,1-3H3. The van der Waals surface area contributed by atoms with Crippen molar-refractivity contribution < 1.29 is 0 Å². The van der Waals surface area contributed by atoms with Gasteiger partial charge < -0.3 is 5.32 Å². The zero-order chi connectivity index (χ0) is 11.5. The van der Waals surface area contributed by atoms with Crippen molar-refractivity contribution in [3.05, 3.63) is 17.5 Å². The highest BCUT2D eigenvalue weighted by Crippen LogP contribution is 2.26. The first-order valence-corrected chi connectivity index (χ1v) is 7.12. The minimum atomic E-state index is 0.676. The Morgan fingerprint density at radius 3 is 3.06 bits per heavy atom. The molecule has 0 saturated carbocycles. The summed E-state index contributed by atoms with van der Waals surface area (Å²) < 4.78 is 1.92. The zero-order valence-corrected chi connectivity index (χ0v) is 11.2. The average molecular weight is 239 g/mol. The Balaban J connectivity index is 1.93. The number of rotatable bonds is 4. The van der Waals surface area contributed by atoms with E-state index in [0.29, 0.717) is 6.04 Å². The fourth-order valence-corrected chi connectivity index (χ4v) is 3.50. The first-order chi connectivity index (χ1) is 7.70. The molecule has 0 spiro atoms. The van der Waals surface area contributed by atoms with Crippen LogP contribution < -0.4 is 5.32 Å². The fourth-order valence-electron chi connectivity index (χ4n) is 2.27. The van der Waals surface area contributed by atoms with Gasteiger partial charge in [-0.05, 0) is 18.6 Å². The molecule has 1 aliphatic rings. The van der Waals surface area contributed by atoms with Crippen molar-refractivity contribution in [3.8, 4) is 0 Å². The van der Waals surface area contributed by atoms with Crippen LogP contribution in [0.5, 0.6) is 0 Å². The van der Waals surface area contributed by atoms with Crippen LogP contribution in [0.3, 0.4) is 0 Å². The summed E-state index contributed by atoms with van der Waals surface area (Å²) in [7, 11) is 2.00. The Hall–Kier alpha value is -0.480. The maximum Gasteiger partial charge on any atom is 0.0666 e. The Morgan fingerprint density at radius 1 is 1.62 bits per heavy atom. The highest BCUT2D eigenvalue weighted by atomic mass is 32.2. The van der Waals surface area contributed by atoms with E-state index in [-0.39, 0.29) is 0 Å². The molecule has 2 atom stereocenters. The van der Waals surface area contributed by atoms with Crippen molar-refractivity contribution in [3.63, 3.8) is 0 Å². The maximum atomic E-state index is 4.46. The van der Waals surface area contributed by atoms with E-state index >= 15 is 0 Å². The smallest absolute Gasteiger partial charge is 0.0666 e. The molecule has 2 rings (SSSR count). The molecule has 1 N–H and O–H groups in total. The number of nitrogens with zero attached hydrogens (tertiary/aromatic N) is 2. The minimum Gasteiger partial charge on any atom is -0.309 e. The van der Waals surface area contributed by atoms with Crippen molar-refractivity contribution in [2.24, 2.45) is 7.05 Å². The fraction of sp³-hybridized carbons (Fsp3) is 0.750. The quantitative estimate of drug-likeness (QED) is 0.871. The van der Waals surface area contributed by atoms with E-state index in [1.165, 1.54) is 23.4 Å². The van der Waals surface area contributed by atoms with E-state index in [0.717, 1.165) is 18.2 Å². The molecule has 0 bridgehead atoms. The average Bonchev–Trinajstić information content (AvgIpc) is 2.81. The van der Waals surface area contributed by atoms with Crippen LogP contribution in [0.1, 0.15) is 31.5 Å². The van der Waals surface area contributed by atoms with Gasteiger partial charge in [-0.2, -0.15) is 16.9 Å². The molecule has 0 aliphatic carbocycles. The van der Waals surface area contributed by atoms with Gasteiger partial charge in [0.1, 0.15) is 0 Å². The third kappa shape index (κ3) is 2.61. The summed E-state index contributed by atoms with van der Waals surface area (Å²) in [6, 6.07) is 0.676. The van der Waals surface area contributed by atoms with Gasteiger partial charge in [0.25, 0.3) is 0 Å². The Morgan fingerprint density at radius 2 is 2.44 bits per heavy atom. The summed E-state index contributed by atoms with van der Waals surface area (Å²) in [4.78, 5) is 0. The molecule has 1 aliphatic heterocycles. The number of thioether (sulfide) groups is 1. The lowest BCUT2D eigenvalue weighted by molar-refractivity contribution is 0.511. The molecule has 1 aromatic rings. The van der Waals surface area contributed by atoms with Gasteiger partial charge in [-0.25, -0.2) is 0 Å². The number of nitrogens with one attached hydrogen (secondary N) is 1. The van der Waals surface area contributed by atoms with Crippen LogP contribution in [0.4, 0.5) is 0 Å². The van der Waals surface area contributed by atoms with Gasteiger partial charge in [-0.1, -0.05) is 13.8 Å². The molecule has 2 unspecified atom stereocenters. The van der Waals surface area contributed by atoms with E-state index in [1.807, 2.05) is 11.7 Å². The summed E-state index contributed by atoms with van der Waals surface area (Å²) in [5, 5.41) is 8.88. The van der Waals surface area contributed by atoms with Crippen LogP contribution in [-0.2, 0) is 20.0 Å². The maximum absolute atomic E-state index is 4.46. The van der Waals surface area contributed by atoms with E-state index in [1.54, 1.807) is 0 Å². The molecular formula is C12H21N3S. The van der Waals surface area contributed by atoms with E-state index in [9.17, 15) is 0 Å². The number of hydrogen-bond acceptors (Lipinski definition) is 3. The van der Waals surface area contributed by atoms with E-state index in [4.69, 9.17) is 0 Å². The van der Waals surface area contributed by atoms with Gasteiger partial charge in [0.05, 0.1) is 5.69 Å². The van der Waals surface area contributed by atoms with Crippen LogP contribution in [0.25, 0.3) is 0 Å². The molecule has 90 valence electrons. The monoisotopic (exact) mass is 239 g/mol. The zero-order valence-electron chi connectivity index (χ0n) is 10.4. The second-order valence-electron chi connectivity index (χ2n) is 4.48. The van der Waals surface area contributed by atoms with Crippen LogP contribution in [0, 0.1) is 0 Å². The highest BCUT2D eigenvalue weighted by molar-refractivity contribution is 8.00. The van der Waals surface area contributed by atoms with Crippen LogP contribution in [0.2, 0.25) is 0 Å². The first-order valence-electron chi connectivity index (χ1n) is 6.07. The van der Waals surface area contributed by atoms with Crippen molar-refractivity contribution in [2.45, 2.75) is 44.5 Å². The summed E-state index contributed by atoms with van der Waals surface area (Å²) in [6.07, 6.45) is 4.46. The molecule has 4 heteroatoms. The Bertz CT molecular complexity index is 348. The lowest BCUT2D eigenvalue weighted by atomic mass is 10.1. The summed E-state index contributed by atoms with van der Waals surface area (Å²) in [5.74, 6) is 1.30. The van der Waals surface area contributed by atoms with Crippen molar-refractivity contribution in [2.75, 3.05) is 5.75 Å². The molecule has 16 heavy (non-hydrogen) atoms. The highest BCUT2D eigenvalue weighted by Gasteiger charge is 2.23. The molecule has 2 heterocycles. The molecule has 1 aromatic heterocycles. The van der Waals surface area contributed by atoms with Gasteiger partial charge >= 0.3 is 0 Å². The van der Waals surface area contributed by atoms with E-state index in [2.05, 4.69) is 42.2 Å². The summed E-state index contributed by atoms with van der Waals surface area (Å²) in [5.41, 5.74) is 2.59. The van der Waals surface area contributed by atoms with Gasteiger partial charge in [-0.3, -0.25) is 4.68 Å². The number of hydrogen-bond donors (Lipinski definition) is 1. The van der Waals surface area contributed by atoms with Gasteiger partial charge in [-0.15, -0.1) is 0 Å². The van der Waals surface area contributed by atoms with Crippen LogP contribution in [0.15, 0.2) is 6.20 Å². The first kappa shape index (κ1) is 12.0. The second-order valence-corrected chi connectivity index (χ2v) is 5.97. The lowest BCUT2D eigenvalue weighted by Gasteiger charge is -2.16. The lowest BCUT2D eigenvalue weighted by Crippen LogP contribution is -2.32. The predicted molar refractivity (Wildman–Crippen MR) is 69.8 cm³/mol. The Labute approximate surface area is 102 Å². The topological polar surface area (TPSA) is 29.9 Å². The third-order valence-corrected chi connectivity index (χ3v) is 4.58. The van der Waals surface area contributed by atoms with Gasteiger partial charge in [0.2, 0.25) is 0 Å². The molecular weight excluding hydrogens is 218 g/mol. The minimum absolute atomic E-state index is 0.676. The number of aromatic nitrogens is 2. The van der Waals surface area contributed by atoms with E-state index < -0.39 is 0 Å². The number of aryl methyl sites for hydroxylation is 2. The summed E-state index contributed by atoms with van der Waals surface area (Å²) >= 11 is 2.07. The third-order valence-electron chi connectivity index (χ3n) is 3.26. The molecule has 3 nitrogen and oxygen atoms in total. The Kier molecular flexibility index (Phi) is 3.92. The summed E-state index contributed by atoms with van der Waals surface area (Å²) in [6.45, 7) is 5.45. The normalized spacial score (nSPS) is 25.2.